The Labute approximate surface area is 285 Å². The maximum Gasteiger partial charge on any atom is 0.137 e. The summed E-state index contributed by atoms with van der Waals surface area (Å²) in [6.45, 7) is 4.38. The second-order valence-electron chi connectivity index (χ2n) is 13.2. The zero-order valence-electron chi connectivity index (χ0n) is 27.3. The van der Waals surface area contributed by atoms with Crippen LogP contribution in [0.5, 0.6) is 5.75 Å². The van der Waals surface area contributed by atoms with E-state index in [9.17, 15) is 5.11 Å². The Bertz CT molecular complexity index is 2530. The van der Waals surface area contributed by atoms with E-state index in [1.54, 1.807) is 0 Å². The van der Waals surface area contributed by atoms with Crippen molar-refractivity contribution < 1.29 is 5.11 Å². The van der Waals surface area contributed by atoms with Crippen LogP contribution in [0.25, 0.3) is 72.9 Å². The van der Waals surface area contributed by atoms with E-state index in [4.69, 9.17) is 9.97 Å². The van der Waals surface area contributed by atoms with Gasteiger partial charge in [0.1, 0.15) is 11.4 Å². The number of pyridine rings is 2. The van der Waals surface area contributed by atoms with E-state index in [0.717, 1.165) is 72.9 Å². The molecule has 5 aromatic carbocycles. The lowest BCUT2D eigenvalue weighted by Gasteiger charge is -2.23. The molecule has 234 valence electrons. The molecule has 1 aliphatic carbocycles. The first kappa shape index (κ1) is 28.9. The number of phenols is 1. The number of aromatic nitrogens is 3. The van der Waals surface area contributed by atoms with Crippen LogP contribution < -0.4 is 0 Å². The molecular formula is C45H33N3O. The largest absolute Gasteiger partial charge is 0.507 e. The summed E-state index contributed by atoms with van der Waals surface area (Å²) in [5.41, 5.74) is 14.4. The first-order chi connectivity index (χ1) is 24.0. The number of fused-ring (bicyclic) bond motifs is 4. The molecule has 49 heavy (non-hydrogen) atoms. The van der Waals surface area contributed by atoms with Gasteiger partial charge in [0, 0.05) is 39.4 Å². The second kappa shape index (κ2) is 11.2. The Kier molecular flexibility index (Phi) is 6.60. The van der Waals surface area contributed by atoms with Gasteiger partial charge in [-0.25, -0.2) is 9.97 Å². The molecule has 0 spiro atoms. The minimum atomic E-state index is -0.342. The van der Waals surface area contributed by atoms with E-state index < -0.39 is 0 Å². The lowest BCUT2D eigenvalue weighted by Crippen LogP contribution is -2.15. The predicted molar refractivity (Wildman–Crippen MR) is 199 cm³/mol. The summed E-state index contributed by atoms with van der Waals surface area (Å²) >= 11 is 0. The maximum atomic E-state index is 12.0. The number of nitrogens with zero attached hydrogens (tertiary/aromatic N) is 3. The summed E-state index contributed by atoms with van der Waals surface area (Å²) in [4.78, 5) is 10.4. The standard InChI is InChI=1S/C45H33N3O/c1-45(2)37-21-10-9-20-34(37)35-23-24-36(44(49)41(35)45)39-28-33(29-14-5-3-6-15-29)27-38(46-39)31-18-13-19-32(26-31)42-43(30-16-7-4-8-17-30)48-25-12-11-22-40(48)47-42/h3-28,49H,1-2H3. The van der Waals surface area contributed by atoms with Gasteiger partial charge >= 0.3 is 0 Å². The maximum absolute atomic E-state index is 12.0. The van der Waals surface area contributed by atoms with E-state index >= 15 is 0 Å². The minimum Gasteiger partial charge on any atom is -0.507 e. The van der Waals surface area contributed by atoms with Crippen LogP contribution in [0.2, 0.25) is 0 Å². The third-order valence-electron chi connectivity index (χ3n) is 9.91. The van der Waals surface area contributed by atoms with Gasteiger partial charge in [0.05, 0.1) is 22.8 Å². The van der Waals surface area contributed by atoms with Gasteiger partial charge in [-0.1, -0.05) is 129 Å². The topological polar surface area (TPSA) is 50.4 Å². The molecule has 1 aliphatic rings. The van der Waals surface area contributed by atoms with Gasteiger partial charge in [-0.15, -0.1) is 0 Å². The number of rotatable bonds is 5. The monoisotopic (exact) mass is 631 g/mol. The van der Waals surface area contributed by atoms with Crippen molar-refractivity contribution in [1.82, 2.24) is 14.4 Å². The molecule has 3 heterocycles. The molecule has 0 radical (unpaired) electrons. The first-order valence-corrected chi connectivity index (χ1v) is 16.6. The third kappa shape index (κ3) is 4.68. The zero-order valence-corrected chi connectivity index (χ0v) is 27.3. The highest BCUT2D eigenvalue weighted by Crippen LogP contribution is 2.54. The molecule has 3 aromatic heterocycles. The molecular weight excluding hydrogens is 599 g/mol. The van der Waals surface area contributed by atoms with Crippen LogP contribution in [-0.2, 0) is 5.41 Å². The van der Waals surface area contributed by atoms with Gasteiger partial charge in [-0.2, -0.15) is 0 Å². The molecule has 0 fully saturated rings. The van der Waals surface area contributed by atoms with Crippen molar-refractivity contribution >= 4 is 5.65 Å². The highest BCUT2D eigenvalue weighted by atomic mass is 16.3. The van der Waals surface area contributed by atoms with Crippen LogP contribution >= 0.6 is 0 Å². The first-order valence-electron chi connectivity index (χ1n) is 16.6. The van der Waals surface area contributed by atoms with Crippen molar-refractivity contribution in [3.05, 3.63) is 169 Å². The average molecular weight is 632 g/mol. The third-order valence-corrected chi connectivity index (χ3v) is 9.91. The number of phenolic OH excluding ortho intramolecular Hbond substituents is 1. The fourth-order valence-electron chi connectivity index (χ4n) is 7.56. The Morgan fingerprint density at radius 1 is 0.510 bits per heavy atom. The van der Waals surface area contributed by atoms with E-state index in [-0.39, 0.29) is 11.2 Å². The van der Waals surface area contributed by atoms with E-state index in [0.29, 0.717) is 0 Å². The van der Waals surface area contributed by atoms with E-state index in [1.807, 2.05) is 36.4 Å². The Morgan fingerprint density at radius 2 is 1.16 bits per heavy atom. The van der Waals surface area contributed by atoms with Crippen molar-refractivity contribution in [2.75, 3.05) is 0 Å². The van der Waals surface area contributed by atoms with Gasteiger partial charge in [-0.3, -0.25) is 4.40 Å². The van der Waals surface area contributed by atoms with Crippen LogP contribution in [0.1, 0.15) is 25.0 Å². The van der Waals surface area contributed by atoms with Gasteiger partial charge < -0.3 is 5.11 Å². The van der Waals surface area contributed by atoms with Crippen LogP contribution in [0.15, 0.2) is 158 Å². The smallest absolute Gasteiger partial charge is 0.137 e. The van der Waals surface area contributed by atoms with Gasteiger partial charge in [0.25, 0.3) is 0 Å². The molecule has 0 aliphatic heterocycles. The van der Waals surface area contributed by atoms with Crippen LogP contribution in [0.4, 0.5) is 0 Å². The van der Waals surface area contributed by atoms with Crippen LogP contribution in [0, 0.1) is 0 Å². The molecule has 0 unspecified atom stereocenters. The SMILES string of the molecule is CC1(C)c2ccccc2-c2ccc(-c3cc(-c4ccccc4)cc(-c4cccc(-c5nc6ccccn6c5-c5ccccc5)c4)n3)c(O)c21. The molecule has 4 heteroatoms. The minimum absolute atomic E-state index is 0.285. The highest BCUT2D eigenvalue weighted by molar-refractivity contribution is 5.89. The number of hydrogen-bond donors (Lipinski definition) is 1. The normalized spacial score (nSPS) is 12.9. The van der Waals surface area contributed by atoms with E-state index in [1.165, 1.54) is 11.1 Å². The number of benzene rings is 5. The average Bonchev–Trinajstić information content (AvgIpc) is 3.65. The lowest BCUT2D eigenvalue weighted by molar-refractivity contribution is 0.458. The molecule has 0 saturated heterocycles. The Morgan fingerprint density at radius 3 is 1.98 bits per heavy atom. The summed E-state index contributed by atoms with van der Waals surface area (Å²) in [6.07, 6.45) is 2.07. The van der Waals surface area contributed by atoms with Gasteiger partial charge in [0.15, 0.2) is 0 Å². The lowest BCUT2D eigenvalue weighted by atomic mass is 9.81. The quantitative estimate of drug-likeness (QED) is 0.206. The number of imidazole rings is 1. The summed E-state index contributed by atoms with van der Waals surface area (Å²) in [5, 5.41) is 12.0. The predicted octanol–water partition coefficient (Wildman–Crippen LogP) is 11.1. The Balaban J connectivity index is 1.22. The molecule has 0 saturated carbocycles. The molecule has 4 nitrogen and oxygen atoms in total. The fourth-order valence-corrected chi connectivity index (χ4v) is 7.56. The van der Waals surface area contributed by atoms with Crippen LogP contribution in [0.3, 0.4) is 0 Å². The van der Waals surface area contributed by atoms with E-state index in [2.05, 4.69) is 140 Å². The molecule has 8 aromatic rings. The van der Waals surface area contributed by atoms with Crippen molar-refractivity contribution in [3.8, 4) is 73.0 Å². The van der Waals surface area contributed by atoms with Gasteiger partial charge in [-0.05, 0) is 64.2 Å². The molecule has 1 N–H and O–H groups in total. The zero-order chi connectivity index (χ0) is 33.1. The van der Waals surface area contributed by atoms with Crippen molar-refractivity contribution in [2.45, 2.75) is 19.3 Å². The fraction of sp³-hybridized carbons (Fsp3) is 0.0667. The highest BCUT2D eigenvalue weighted by Gasteiger charge is 2.38. The molecule has 0 bridgehead atoms. The molecule has 9 rings (SSSR count). The second-order valence-corrected chi connectivity index (χ2v) is 13.2. The van der Waals surface area contributed by atoms with Crippen molar-refractivity contribution in [3.63, 3.8) is 0 Å². The number of aromatic hydroxyl groups is 1. The van der Waals surface area contributed by atoms with Crippen molar-refractivity contribution in [1.29, 1.82) is 0 Å². The Hall–Kier alpha value is -6.26. The summed E-state index contributed by atoms with van der Waals surface area (Å²) < 4.78 is 2.15. The van der Waals surface area contributed by atoms with Gasteiger partial charge in [0.2, 0.25) is 0 Å². The number of hydrogen-bond acceptors (Lipinski definition) is 3. The molecule has 0 atom stereocenters. The van der Waals surface area contributed by atoms with Crippen LogP contribution in [-0.4, -0.2) is 19.5 Å². The summed E-state index contributed by atoms with van der Waals surface area (Å²) in [7, 11) is 0. The summed E-state index contributed by atoms with van der Waals surface area (Å²) in [6, 6.07) is 52.2. The summed E-state index contributed by atoms with van der Waals surface area (Å²) in [5.74, 6) is 0.285. The van der Waals surface area contributed by atoms with Crippen molar-refractivity contribution in [2.24, 2.45) is 0 Å². The molecule has 0 amide bonds.